The van der Waals surface area contributed by atoms with E-state index in [-0.39, 0.29) is 24.4 Å². The maximum absolute atomic E-state index is 13.8. The average molecular weight is 480 g/mol. The number of ether oxygens (including phenoxy) is 1. The van der Waals surface area contributed by atoms with Crippen LogP contribution in [0.3, 0.4) is 0 Å². The van der Waals surface area contributed by atoms with E-state index in [4.69, 9.17) is 4.74 Å². The Kier molecular flexibility index (Phi) is 5.72. The summed E-state index contributed by atoms with van der Waals surface area (Å²) in [6.45, 7) is 0.699. The van der Waals surface area contributed by atoms with Crippen molar-refractivity contribution in [1.29, 1.82) is 0 Å². The molecule has 0 radical (unpaired) electrons. The quantitative estimate of drug-likeness (QED) is 0.443. The number of fused-ring (bicyclic) bond motifs is 4. The molecule has 1 N–H and O–H groups in total. The fourth-order valence-corrected chi connectivity index (χ4v) is 5.76. The first-order chi connectivity index (χ1) is 17.6. The second kappa shape index (κ2) is 9.19. The fourth-order valence-electron chi connectivity index (χ4n) is 5.76. The summed E-state index contributed by atoms with van der Waals surface area (Å²) in [4.78, 5) is 34.6. The van der Waals surface area contributed by atoms with Gasteiger partial charge in [0.2, 0.25) is 11.8 Å². The topological polar surface area (TPSA) is 65.6 Å². The number of amides is 2. The standard InChI is InChI=1S/C30H29N3O3/c1-36-22-15-13-21(14-16-22)29-28-24(23-11-5-6-12-25(23)31-28)18-26-30(35)32(19-27(34)33(26)29)17-7-10-20-8-3-2-4-9-20/h2-6,8-9,11-16,26,29,31H,7,10,17-19H2,1H3/t26-,29?/m0/s1. The van der Waals surface area contributed by atoms with Crippen LogP contribution >= 0.6 is 0 Å². The molecule has 0 saturated carbocycles. The molecule has 2 atom stereocenters. The first-order valence-electron chi connectivity index (χ1n) is 12.5. The van der Waals surface area contributed by atoms with E-state index in [1.165, 1.54) is 5.56 Å². The summed E-state index contributed by atoms with van der Waals surface area (Å²) in [7, 11) is 1.64. The minimum Gasteiger partial charge on any atom is -0.497 e. The van der Waals surface area contributed by atoms with E-state index in [1.54, 1.807) is 12.0 Å². The Bertz CT molecular complexity index is 1410. The van der Waals surface area contributed by atoms with Crippen molar-refractivity contribution in [3.05, 3.63) is 101 Å². The predicted octanol–water partition coefficient (Wildman–Crippen LogP) is 4.49. The van der Waals surface area contributed by atoms with Crippen molar-refractivity contribution < 1.29 is 14.3 Å². The number of nitrogens with zero attached hydrogens (tertiary/aromatic N) is 2. The summed E-state index contributed by atoms with van der Waals surface area (Å²) in [5, 5.41) is 1.12. The molecular formula is C30H29N3O3. The number of benzene rings is 3. The number of rotatable bonds is 6. The highest BCUT2D eigenvalue weighted by atomic mass is 16.5. The zero-order valence-electron chi connectivity index (χ0n) is 20.3. The molecule has 182 valence electrons. The molecule has 2 aliphatic heterocycles. The summed E-state index contributed by atoms with van der Waals surface area (Å²) in [6, 6.07) is 25.4. The Morgan fingerprint density at radius 2 is 1.69 bits per heavy atom. The maximum Gasteiger partial charge on any atom is 0.246 e. The van der Waals surface area contributed by atoms with Gasteiger partial charge in [-0.3, -0.25) is 9.59 Å². The molecule has 3 heterocycles. The lowest BCUT2D eigenvalue weighted by Crippen LogP contribution is -2.63. The monoisotopic (exact) mass is 479 g/mol. The number of nitrogens with one attached hydrogen (secondary N) is 1. The number of carbonyl (C=O) groups excluding carboxylic acids is 2. The van der Waals surface area contributed by atoms with Gasteiger partial charge in [-0.25, -0.2) is 0 Å². The second-order valence-corrected chi connectivity index (χ2v) is 9.61. The van der Waals surface area contributed by atoms with Crippen LogP contribution in [0.5, 0.6) is 5.75 Å². The SMILES string of the molecule is COc1ccc(C2c3[nH]c4ccccc4c3C[C@H]3C(=O)N(CCCc4ccccc4)CC(=O)N23)cc1. The zero-order valence-corrected chi connectivity index (χ0v) is 20.3. The van der Waals surface area contributed by atoms with Crippen molar-refractivity contribution in [2.24, 2.45) is 0 Å². The lowest BCUT2D eigenvalue weighted by Gasteiger charge is -2.47. The minimum atomic E-state index is -0.512. The van der Waals surface area contributed by atoms with Gasteiger partial charge < -0.3 is 19.5 Å². The molecule has 6 heteroatoms. The largest absolute Gasteiger partial charge is 0.497 e. The molecule has 4 aromatic rings. The fraction of sp³-hybridized carbons (Fsp3) is 0.267. The van der Waals surface area contributed by atoms with Gasteiger partial charge in [-0.2, -0.15) is 0 Å². The third-order valence-corrected chi connectivity index (χ3v) is 7.51. The highest BCUT2D eigenvalue weighted by Crippen LogP contribution is 2.42. The highest BCUT2D eigenvalue weighted by Gasteiger charge is 2.48. The highest BCUT2D eigenvalue weighted by molar-refractivity contribution is 5.97. The Morgan fingerprint density at radius 3 is 2.47 bits per heavy atom. The third kappa shape index (κ3) is 3.83. The van der Waals surface area contributed by atoms with Crippen LogP contribution in [-0.2, 0) is 22.4 Å². The van der Waals surface area contributed by atoms with E-state index < -0.39 is 6.04 Å². The van der Waals surface area contributed by atoms with Crippen LogP contribution in [0.15, 0.2) is 78.9 Å². The van der Waals surface area contributed by atoms with Gasteiger partial charge in [0.05, 0.1) is 19.7 Å². The van der Waals surface area contributed by atoms with Gasteiger partial charge in [0.1, 0.15) is 11.8 Å². The first-order valence-corrected chi connectivity index (χ1v) is 12.5. The molecule has 0 bridgehead atoms. The van der Waals surface area contributed by atoms with Crippen molar-refractivity contribution >= 4 is 22.7 Å². The van der Waals surface area contributed by atoms with Gasteiger partial charge in [-0.15, -0.1) is 0 Å². The van der Waals surface area contributed by atoms with E-state index in [0.29, 0.717) is 13.0 Å². The van der Waals surface area contributed by atoms with Crippen molar-refractivity contribution in [1.82, 2.24) is 14.8 Å². The lowest BCUT2D eigenvalue weighted by atomic mass is 9.86. The number of aromatic nitrogens is 1. The Hall–Kier alpha value is -4.06. The van der Waals surface area contributed by atoms with Gasteiger partial charge in [0, 0.05) is 29.6 Å². The van der Waals surface area contributed by atoms with E-state index >= 15 is 0 Å². The molecule has 0 spiro atoms. The number of aromatic amines is 1. The average Bonchev–Trinajstić information content (AvgIpc) is 3.29. The number of H-pyrrole nitrogens is 1. The molecule has 1 fully saturated rings. The second-order valence-electron chi connectivity index (χ2n) is 9.61. The van der Waals surface area contributed by atoms with Crippen LogP contribution in [0.2, 0.25) is 0 Å². The third-order valence-electron chi connectivity index (χ3n) is 7.51. The Labute approximate surface area is 210 Å². The van der Waals surface area contributed by atoms with Crippen molar-refractivity contribution in [3.63, 3.8) is 0 Å². The molecule has 1 aromatic heterocycles. The van der Waals surface area contributed by atoms with Crippen molar-refractivity contribution in [2.75, 3.05) is 20.2 Å². The summed E-state index contributed by atoms with van der Waals surface area (Å²) in [5.41, 5.74) is 5.36. The van der Waals surface area contributed by atoms with Crippen LogP contribution in [-0.4, -0.2) is 52.8 Å². The molecule has 3 aromatic carbocycles. The molecule has 2 amide bonds. The zero-order chi connectivity index (χ0) is 24.6. The lowest BCUT2D eigenvalue weighted by molar-refractivity contribution is -0.158. The molecule has 0 aliphatic carbocycles. The number of aryl methyl sites for hydroxylation is 1. The van der Waals surface area contributed by atoms with Gasteiger partial charge in [-0.1, -0.05) is 60.7 Å². The van der Waals surface area contributed by atoms with Gasteiger partial charge in [0.25, 0.3) is 0 Å². The van der Waals surface area contributed by atoms with E-state index in [0.717, 1.165) is 46.3 Å². The molecular weight excluding hydrogens is 450 g/mol. The van der Waals surface area contributed by atoms with Crippen molar-refractivity contribution in [2.45, 2.75) is 31.3 Å². The number of piperazine rings is 1. The van der Waals surface area contributed by atoms with E-state index in [9.17, 15) is 9.59 Å². The molecule has 36 heavy (non-hydrogen) atoms. The van der Waals surface area contributed by atoms with Crippen LogP contribution in [0.25, 0.3) is 10.9 Å². The number of carbonyl (C=O) groups is 2. The van der Waals surface area contributed by atoms with Gasteiger partial charge in [0.15, 0.2) is 0 Å². The summed E-state index contributed by atoms with van der Waals surface area (Å²) >= 11 is 0. The molecule has 6 nitrogen and oxygen atoms in total. The molecule has 6 rings (SSSR count). The van der Waals surface area contributed by atoms with E-state index in [2.05, 4.69) is 29.2 Å². The van der Waals surface area contributed by atoms with Crippen LogP contribution in [0.4, 0.5) is 0 Å². The molecule has 1 saturated heterocycles. The summed E-state index contributed by atoms with van der Waals surface area (Å²) < 4.78 is 5.35. The normalized spacial score (nSPS) is 19.4. The first kappa shape index (κ1) is 22.4. The molecule has 1 unspecified atom stereocenters. The van der Waals surface area contributed by atoms with Crippen LogP contribution in [0.1, 0.15) is 34.8 Å². The smallest absolute Gasteiger partial charge is 0.246 e. The van der Waals surface area contributed by atoms with Gasteiger partial charge >= 0.3 is 0 Å². The van der Waals surface area contributed by atoms with Crippen molar-refractivity contribution in [3.8, 4) is 5.75 Å². The molecule has 2 aliphatic rings. The minimum absolute atomic E-state index is 0.00978. The number of hydrogen-bond acceptors (Lipinski definition) is 3. The Morgan fingerprint density at radius 1 is 0.944 bits per heavy atom. The number of methoxy groups -OCH3 is 1. The summed E-state index contributed by atoms with van der Waals surface area (Å²) in [6.07, 6.45) is 2.23. The number of para-hydroxylation sites is 1. The van der Waals surface area contributed by atoms with Crippen LogP contribution in [0, 0.1) is 0 Å². The number of hydrogen-bond donors (Lipinski definition) is 1. The Balaban J connectivity index is 1.34. The van der Waals surface area contributed by atoms with E-state index in [1.807, 2.05) is 59.5 Å². The maximum atomic E-state index is 13.8. The van der Waals surface area contributed by atoms with Crippen LogP contribution < -0.4 is 4.74 Å². The summed E-state index contributed by atoms with van der Waals surface area (Å²) in [5.74, 6) is 0.787. The predicted molar refractivity (Wildman–Crippen MR) is 139 cm³/mol. The van der Waals surface area contributed by atoms with Gasteiger partial charge in [-0.05, 0) is 47.7 Å².